The molecule has 0 bridgehead atoms. The maximum atomic E-state index is 3.57. The van der Waals surface area contributed by atoms with Crippen molar-refractivity contribution in [1.29, 1.82) is 0 Å². The van der Waals surface area contributed by atoms with Crippen molar-refractivity contribution in [1.82, 2.24) is 10.2 Å². The molecule has 1 aliphatic heterocycles. The summed E-state index contributed by atoms with van der Waals surface area (Å²) < 4.78 is 0. The van der Waals surface area contributed by atoms with Crippen LogP contribution >= 0.6 is 0 Å². The van der Waals surface area contributed by atoms with Crippen molar-refractivity contribution in [2.45, 2.75) is 46.5 Å². The van der Waals surface area contributed by atoms with Crippen LogP contribution in [0.1, 0.15) is 44.7 Å². The first-order chi connectivity index (χ1) is 10.2. The van der Waals surface area contributed by atoms with Gasteiger partial charge in [-0.1, -0.05) is 51.5 Å². The number of rotatable bonds is 7. The van der Waals surface area contributed by atoms with Gasteiger partial charge in [0.15, 0.2) is 0 Å². The first kappa shape index (κ1) is 16.5. The number of nitrogens with one attached hydrogen (secondary N) is 1. The monoisotopic (exact) mass is 288 g/mol. The first-order valence-corrected chi connectivity index (χ1v) is 8.67. The summed E-state index contributed by atoms with van der Waals surface area (Å²) in [6.07, 6.45) is 5.00. The van der Waals surface area contributed by atoms with Crippen LogP contribution in [-0.2, 0) is 12.8 Å². The van der Waals surface area contributed by atoms with Gasteiger partial charge in [0.2, 0.25) is 0 Å². The lowest BCUT2D eigenvalue weighted by atomic mass is 9.84. The summed E-state index contributed by atoms with van der Waals surface area (Å²) in [5, 5.41) is 3.57. The lowest BCUT2D eigenvalue weighted by Crippen LogP contribution is -2.43. The Hall–Kier alpha value is -0.860. The van der Waals surface area contributed by atoms with Gasteiger partial charge in [0.05, 0.1) is 0 Å². The molecule has 1 aromatic rings. The zero-order valence-electron chi connectivity index (χ0n) is 14.1. The van der Waals surface area contributed by atoms with Gasteiger partial charge < -0.3 is 10.2 Å². The lowest BCUT2D eigenvalue weighted by Gasteiger charge is -2.35. The van der Waals surface area contributed by atoms with Crippen molar-refractivity contribution in [3.63, 3.8) is 0 Å². The Morgan fingerprint density at radius 1 is 1.10 bits per heavy atom. The van der Waals surface area contributed by atoms with Gasteiger partial charge in [-0.15, -0.1) is 0 Å². The second kappa shape index (κ2) is 7.95. The van der Waals surface area contributed by atoms with E-state index in [2.05, 4.69) is 55.3 Å². The van der Waals surface area contributed by atoms with E-state index in [0.717, 1.165) is 13.1 Å². The SMILES string of the molecule is CCCC(C)(CNCC)CN1CCc2ccccc2CC1. The predicted molar refractivity (Wildman–Crippen MR) is 91.8 cm³/mol. The largest absolute Gasteiger partial charge is 0.316 e. The van der Waals surface area contributed by atoms with Gasteiger partial charge in [0.1, 0.15) is 0 Å². The average Bonchev–Trinajstić information content (AvgIpc) is 2.68. The lowest BCUT2D eigenvalue weighted by molar-refractivity contribution is 0.154. The molecule has 0 aromatic heterocycles. The smallest absolute Gasteiger partial charge is 0.00477 e. The minimum absolute atomic E-state index is 0.404. The van der Waals surface area contributed by atoms with E-state index in [-0.39, 0.29) is 0 Å². The Kier molecular flexibility index (Phi) is 6.25. The summed E-state index contributed by atoms with van der Waals surface area (Å²) >= 11 is 0. The van der Waals surface area contributed by atoms with Crippen molar-refractivity contribution in [2.24, 2.45) is 5.41 Å². The quantitative estimate of drug-likeness (QED) is 0.826. The van der Waals surface area contributed by atoms with Crippen LogP contribution in [0, 0.1) is 5.41 Å². The summed E-state index contributed by atoms with van der Waals surface area (Å²) in [5.41, 5.74) is 3.52. The van der Waals surface area contributed by atoms with Crippen molar-refractivity contribution in [2.75, 3.05) is 32.7 Å². The second-order valence-corrected chi connectivity index (χ2v) is 6.89. The predicted octanol–water partition coefficient (Wildman–Crippen LogP) is 3.50. The normalized spacial score (nSPS) is 18.8. The van der Waals surface area contributed by atoms with Crippen LogP contribution in [-0.4, -0.2) is 37.6 Å². The van der Waals surface area contributed by atoms with E-state index in [0.29, 0.717) is 5.41 Å². The second-order valence-electron chi connectivity index (χ2n) is 6.89. The highest BCUT2D eigenvalue weighted by atomic mass is 15.1. The number of fused-ring (bicyclic) bond motifs is 1. The van der Waals surface area contributed by atoms with Gasteiger partial charge in [-0.3, -0.25) is 0 Å². The highest BCUT2D eigenvalue weighted by Gasteiger charge is 2.26. The fraction of sp³-hybridized carbons (Fsp3) is 0.684. The summed E-state index contributed by atoms with van der Waals surface area (Å²) in [6, 6.07) is 8.98. The van der Waals surface area contributed by atoms with Crippen molar-refractivity contribution in [3.8, 4) is 0 Å². The van der Waals surface area contributed by atoms with E-state index in [9.17, 15) is 0 Å². The van der Waals surface area contributed by atoms with E-state index in [1.165, 1.54) is 45.3 Å². The molecule has 21 heavy (non-hydrogen) atoms. The summed E-state index contributed by atoms with van der Waals surface area (Å²) in [7, 11) is 0. The standard InChI is InChI=1S/C19H32N2/c1-4-12-19(3,15-20-5-2)16-21-13-10-17-8-6-7-9-18(17)11-14-21/h6-9,20H,4-5,10-16H2,1-3H3. The Morgan fingerprint density at radius 2 is 1.71 bits per heavy atom. The fourth-order valence-electron chi connectivity index (χ4n) is 3.67. The van der Waals surface area contributed by atoms with Crippen LogP contribution in [0.25, 0.3) is 0 Å². The molecule has 0 saturated carbocycles. The molecule has 0 saturated heterocycles. The molecule has 0 aliphatic carbocycles. The van der Waals surface area contributed by atoms with E-state index < -0.39 is 0 Å². The van der Waals surface area contributed by atoms with E-state index in [1.807, 2.05) is 0 Å². The molecule has 2 heteroatoms. The minimum atomic E-state index is 0.404. The average molecular weight is 288 g/mol. The van der Waals surface area contributed by atoms with Gasteiger partial charge in [0, 0.05) is 26.2 Å². The first-order valence-electron chi connectivity index (χ1n) is 8.67. The van der Waals surface area contributed by atoms with Crippen LogP contribution in [0.2, 0.25) is 0 Å². The molecular weight excluding hydrogens is 256 g/mol. The maximum absolute atomic E-state index is 3.57. The maximum Gasteiger partial charge on any atom is 0.00477 e. The molecule has 2 rings (SSSR count). The Balaban J connectivity index is 1.96. The molecule has 1 aromatic carbocycles. The van der Waals surface area contributed by atoms with E-state index >= 15 is 0 Å². The number of nitrogens with zero attached hydrogens (tertiary/aromatic N) is 1. The highest BCUT2D eigenvalue weighted by molar-refractivity contribution is 5.28. The van der Waals surface area contributed by atoms with Crippen LogP contribution in [0.15, 0.2) is 24.3 Å². The molecule has 1 N–H and O–H groups in total. The van der Waals surface area contributed by atoms with E-state index in [4.69, 9.17) is 0 Å². The minimum Gasteiger partial charge on any atom is -0.316 e. The zero-order chi connectivity index (χ0) is 15.1. The van der Waals surface area contributed by atoms with Gasteiger partial charge in [0.25, 0.3) is 0 Å². The Labute approximate surface area is 130 Å². The number of hydrogen-bond acceptors (Lipinski definition) is 2. The van der Waals surface area contributed by atoms with Crippen LogP contribution in [0.3, 0.4) is 0 Å². The number of hydrogen-bond donors (Lipinski definition) is 1. The van der Waals surface area contributed by atoms with Crippen LogP contribution in [0.5, 0.6) is 0 Å². The molecule has 118 valence electrons. The molecular formula is C19H32N2. The van der Waals surface area contributed by atoms with Gasteiger partial charge in [-0.2, -0.15) is 0 Å². The van der Waals surface area contributed by atoms with Gasteiger partial charge >= 0.3 is 0 Å². The highest BCUT2D eigenvalue weighted by Crippen LogP contribution is 2.25. The number of benzene rings is 1. The molecule has 1 heterocycles. The third-order valence-corrected chi connectivity index (χ3v) is 4.77. The van der Waals surface area contributed by atoms with Crippen molar-refractivity contribution >= 4 is 0 Å². The molecule has 1 aliphatic rings. The summed E-state index contributed by atoms with van der Waals surface area (Å²) in [6.45, 7) is 12.8. The van der Waals surface area contributed by atoms with Crippen molar-refractivity contribution in [3.05, 3.63) is 35.4 Å². The summed E-state index contributed by atoms with van der Waals surface area (Å²) in [5.74, 6) is 0. The van der Waals surface area contributed by atoms with Crippen molar-refractivity contribution < 1.29 is 0 Å². The molecule has 0 amide bonds. The van der Waals surface area contributed by atoms with E-state index in [1.54, 1.807) is 11.1 Å². The topological polar surface area (TPSA) is 15.3 Å². The van der Waals surface area contributed by atoms with Gasteiger partial charge in [-0.05, 0) is 42.3 Å². The third kappa shape index (κ3) is 4.82. The Morgan fingerprint density at radius 3 is 2.24 bits per heavy atom. The Bertz CT molecular complexity index is 402. The zero-order valence-corrected chi connectivity index (χ0v) is 14.1. The molecule has 0 radical (unpaired) electrons. The molecule has 1 atom stereocenters. The third-order valence-electron chi connectivity index (χ3n) is 4.77. The summed E-state index contributed by atoms with van der Waals surface area (Å²) in [4.78, 5) is 2.69. The molecule has 0 fully saturated rings. The molecule has 1 unspecified atom stereocenters. The molecule has 0 spiro atoms. The fourth-order valence-corrected chi connectivity index (χ4v) is 3.67. The van der Waals surface area contributed by atoms with Crippen LogP contribution in [0.4, 0.5) is 0 Å². The van der Waals surface area contributed by atoms with Crippen LogP contribution < -0.4 is 5.32 Å². The van der Waals surface area contributed by atoms with Gasteiger partial charge in [-0.25, -0.2) is 0 Å². The molecule has 2 nitrogen and oxygen atoms in total.